The maximum absolute atomic E-state index is 14.2. The number of hydrogen-bond donors (Lipinski definition) is 2. The molecule has 8 heteroatoms. The van der Waals surface area contributed by atoms with Gasteiger partial charge in [0.05, 0.1) is 0 Å². The van der Waals surface area contributed by atoms with Crippen LogP contribution >= 0.6 is 0 Å². The highest BCUT2D eigenvalue weighted by molar-refractivity contribution is 6.14. The molecule has 0 amide bonds. The first-order chi connectivity index (χ1) is 17.4. The SMILES string of the molecule is C[C@@H]1C[C@]2(O)OOC(C)(C)C2=CC2=C1C(=O)[C@@H]1[C@H]3C(=O)C4=C(C=C5C(C)(C)OO[C@@]5(O)C[C@@H]4C)[C@@]3(C)[C@]21C. The number of fused-ring (bicyclic) bond motifs is 8. The highest BCUT2D eigenvalue weighted by atomic mass is 17.2. The van der Waals surface area contributed by atoms with Crippen LogP contribution in [0.1, 0.15) is 68.2 Å². The summed E-state index contributed by atoms with van der Waals surface area (Å²) in [4.78, 5) is 50.4. The van der Waals surface area contributed by atoms with Crippen molar-refractivity contribution in [1.29, 1.82) is 0 Å². The van der Waals surface area contributed by atoms with Crippen molar-refractivity contribution in [1.82, 2.24) is 0 Å². The van der Waals surface area contributed by atoms with Crippen LogP contribution in [0.3, 0.4) is 0 Å². The highest BCUT2D eigenvalue weighted by Crippen LogP contribution is 2.79. The Morgan fingerprint density at radius 1 is 0.658 bits per heavy atom. The molecule has 0 aromatic heterocycles. The molecule has 0 radical (unpaired) electrons. The molecule has 0 aromatic rings. The molecule has 0 bridgehead atoms. The van der Waals surface area contributed by atoms with Crippen LogP contribution in [0.4, 0.5) is 0 Å². The van der Waals surface area contributed by atoms with E-state index in [1.807, 2.05) is 53.7 Å². The molecule has 8 atom stereocenters. The Hall–Kier alpha value is -1.94. The van der Waals surface area contributed by atoms with E-state index in [-0.39, 0.29) is 36.2 Å². The first kappa shape index (κ1) is 25.1. The lowest BCUT2D eigenvalue weighted by atomic mass is 9.38. The number of rotatable bonds is 0. The van der Waals surface area contributed by atoms with E-state index in [1.165, 1.54) is 0 Å². The van der Waals surface area contributed by atoms with E-state index < -0.39 is 45.4 Å². The van der Waals surface area contributed by atoms with Gasteiger partial charge in [0.1, 0.15) is 11.2 Å². The fourth-order valence-corrected chi connectivity index (χ4v) is 9.22. The van der Waals surface area contributed by atoms with Gasteiger partial charge in [-0.1, -0.05) is 39.8 Å². The second kappa shape index (κ2) is 6.67. The van der Waals surface area contributed by atoms with E-state index in [9.17, 15) is 19.8 Å². The summed E-state index contributed by atoms with van der Waals surface area (Å²) >= 11 is 0. The monoisotopic (exact) mass is 524 g/mol. The zero-order chi connectivity index (χ0) is 27.6. The Labute approximate surface area is 222 Å². The first-order valence-corrected chi connectivity index (χ1v) is 13.7. The number of hydrogen-bond acceptors (Lipinski definition) is 8. The average molecular weight is 525 g/mol. The van der Waals surface area contributed by atoms with Gasteiger partial charge >= 0.3 is 0 Å². The average Bonchev–Trinajstić information content (AvgIpc) is 3.23. The summed E-state index contributed by atoms with van der Waals surface area (Å²) < 4.78 is 0. The minimum Gasteiger partial charge on any atom is -0.360 e. The van der Waals surface area contributed by atoms with Crippen LogP contribution in [-0.2, 0) is 29.1 Å². The third kappa shape index (κ3) is 2.46. The summed E-state index contributed by atoms with van der Waals surface area (Å²) in [6.07, 6.45) is 4.22. The maximum atomic E-state index is 14.2. The second-order valence-corrected chi connectivity index (χ2v) is 14.0. The summed E-state index contributed by atoms with van der Waals surface area (Å²) in [5.41, 5.74) is 1.07. The Bertz CT molecular complexity index is 1270. The molecule has 7 rings (SSSR count). The lowest BCUT2D eigenvalue weighted by Crippen LogP contribution is -2.64. The molecule has 0 spiro atoms. The van der Waals surface area contributed by atoms with E-state index in [0.717, 1.165) is 11.1 Å². The minimum absolute atomic E-state index is 0.00712. The van der Waals surface area contributed by atoms with Gasteiger partial charge in [0.25, 0.3) is 0 Å². The molecule has 204 valence electrons. The summed E-state index contributed by atoms with van der Waals surface area (Å²) in [6, 6.07) is 0. The lowest BCUT2D eigenvalue weighted by Gasteiger charge is -2.62. The fraction of sp³-hybridized carbons (Fsp3) is 0.667. The molecule has 3 fully saturated rings. The maximum Gasteiger partial charge on any atom is 0.225 e. The Morgan fingerprint density at radius 3 is 1.34 bits per heavy atom. The molecular weight excluding hydrogens is 488 g/mol. The smallest absolute Gasteiger partial charge is 0.225 e. The van der Waals surface area contributed by atoms with Crippen molar-refractivity contribution in [2.45, 2.75) is 91.0 Å². The largest absolute Gasteiger partial charge is 0.360 e. The van der Waals surface area contributed by atoms with Crippen molar-refractivity contribution in [2.24, 2.45) is 34.5 Å². The van der Waals surface area contributed by atoms with Gasteiger partial charge in [-0.2, -0.15) is 9.78 Å². The van der Waals surface area contributed by atoms with Gasteiger partial charge < -0.3 is 10.2 Å². The summed E-state index contributed by atoms with van der Waals surface area (Å²) in [6.45, 7) is 15.4. The number of aliphatic hydroxyl groups is 2. The summed E-state index contributed by atoms with van der Waals surface area (Å²) in [7, 11) is 0. The van der Waals surface area contributed by atoms with Crippen LogP contribution < -0.4 is 0 Å². The van der Waals surface area contributed by atoms with Crippen molar-refractivity contribution in [3.05, 3.63) is 45.6 Å². The van der Waals surface area contributed by atoms with Crippen molar-refractivity contribution in [2.75, 3.05) is 0 Å². The van der Waals surface area contributed by atoms with Crippen LogP contribution in [0.5, 0.6) is 0 Å². The Balaban J connectivity index is 1.47. The van der Waals surface area contributed by atoms with Gasteiger partial charge in [0.2, 0.25) is 11.6 Å². The van der Waals surface area contributed by atoms with E-state index in [4.69, 9.17) is 19.6 Å². The molecule has 5 aliphatic carbocycles. The van der Waals surface area contributed by atoms with E-state index in [1.54, 1.807) is 0 Å². The van der Waals surface area contributed by atoms with Gasteiger partial charge in [0, 0.05) is 57.8 Å². The Morgan fingerprint density at radius 2 is 1.00 bits per heavy atom. The van der Waals surface area contributed by atoms with Crippen LogP contribution in [0.2, 0.25) is 0 Å². The second-order valence-electron chi connectivity index (χ2n) is 14.0. The molecule has 8 nitrogen and oxygen atoms in total. The van der Waals surface area contributed by atoms with Crippen molar-refractivity contribution < 1.29 is 39.4 Å². The van der Waals surface area contributed by atoms with E-state index in [0.29, 0.717) is 22.3 Å². The quantitative estimate of drug-likeness (QED) is 0.461. The fourth-order valence-electron chi connectivity index (χ4n) is 9.22. The predicted molar refractivity (Wildman–Crippen MR) is 133 cm³/mol. The van der Waals surface area contributed by atoms with Crippen molar-refractivity contribution >= 4 is 11.6 Å². The summed E-state index contributed by atoms with van der Waals surface area (Å²) in [5.74, 6) is -4.83. The molecule has 2 saturated heterocycles. The lowest BCUT2D eigenvalue weighted by molar-refractivity contribution is -0.390. The molecule has 7 aliphatic rings. The van der Waals surface area contributed by atoms with Gasteiger partial charge in [-0.05, 0) is 50.7 Å². The minimum atomic E-state index is -1.63. The summed E-state index contributed by atoms with van der Waals surface area (Å²) in [5, 5.41) is 22.9. The highest BCUT2D eigenvalue weighted by Gasteiger charge is 2.80. The molecule has 0 aromatic carbocycles. The zero-order valence-electron chi connectivity index (χ0n) is 23.2. The van der Waals surface area contributed by atoms with Gasteiger partial charge in [-0.15, -0.1) is 0 Å². The van der Waals surface area contributed by atoms with Crippen molar-refractivity contribution in [3.8, 4) is 0 Å². The zero-order valence-corrected chi connectivity index (χ0v) is 23.2. The normalized spacial score (nSPS) is 49.7. The van der Waals surface area contributed by atoms with Crippen LogP contribution in [0, 0.1) is 34.5 Å². The predicted octanol–water partition coefficient (Wildman–Crippen LogP) is 3.79. The molecule has 38 heavy (non-hydrogen) atoms. The van der Waals surface area contributed by atoms with E-state index in [2.05, 4.69) is 13.8 Å². The van der Waals surface area contributed by atoms with Crippen LogP contribution in [-0.4, -0.2) is 44.6 Å². The van der Waals surface area contributed by atoms with Crippen LogP contribution in [0.15, 0.2) is 45.6 Å². The molecule has 2 N–H and O–H groups in total. The molecule has 2 aliphatic heterocycles. The number of carbonyl (C=O) groups is 2. The number of ketones is 2. The van der Waals surface area contributed by atoms with Crippen molar-refractivity contribution in [3.63, 3.8) is 0 Å². The Kier molecular flexibility index (Phi) is 4.40. The number of allylic oxidation sites excluding steroid dienone is 6. The van der Waals surface area contributed by atoms with E-state index >= 15 is 0 Å². The number of Topliss-reactive ketones (excluding diaryl/α,β-unsaturated/α-hetero) is 2. The molecular formula is C30H36O8. The van der Waals surface area contributed by atoms with Crippen LogP contribution in [0.25, 0.3) is 0 Å². The van der Waals surface area contributed by atoms with Gasteiger partial charge in [-0.3, -0.25) is 9.59 Å². The first-order valence-electron chi connectivity index (χ1n) is 13.7. The third-order valence-electron chi connectivity index (χ3n) is 11.1. The standard InChI is InChI=1S/C30H36O8/c1-13-11-29(33)17(25(3,4)35-37-29)9-15-19(13)23(31)21-22-24(32)20-14(2)12-30(34)18(26(5,6)36-38-30)10-16(20)28(22,8)27(15,21)7/h9-10,13-14,21-22,33-34H,11-12H2,1-8H3/t13-,14+,21-,22-,27+,28+,29-,30-/m0/s1. The third-order valence-corrected chi connectivity index (χ3v) is 11.1. The molecule has 0 unspecified atom stereocenters. The van der Waals surface area contributed by atoms with Gasteiger partial charge in [0.15, 0.2) is 11.6 Å². The topological polar surface area (TPSA) is 112 Å². The molecule has 1 saturated carbocycles. The molecule has 2 heterocycles. The number of carbonyl (C=O) groups excluding carboxylic acids is 2. The van der Waals surface area contributed by atoms with Gasteiger partial charge in [-0.25, -0.2) is 9.78 Å².